The van der Waals surface area contributed by atoms with Crippen LogP contribution >= 0.6 is 0 Å². The standard InChI is InChI=1S/C15H12O5/c16-9-6-12(18)10-2-4-14(20-15(10)7-9)8-1-3-11(17)13(19)5-8/h1-7,15-19H. The molecule has 1 aromatic rings. The van der Waals surface area contributed by atoms with Gasteiger partial charge < -0.3 is 25.2 Å². The molecule has 0 spiro atoms. The van der Waals surface area contributed by atoms with Crippen molar-refractivity contribution in [3.8, 4) is 11.5 Å². The Bertz CT molecular complexity index is 694. The van der Waals surface area contributed by atoms with Crippen LogP contribution in [0.25, 0.3) is 5.76 Å². The lowest BCUT2D eigenvalue weighted by Gasteiger charge is -2.26. The van der Waals surface area contributed by atoms with Gasteiger partial charge in [0.15, 0.2) is 11.5 Å². The summed E-state index contributed by atoms with van der Waals surface area (Å²) < 4.78 is 5.67. The van der Waals surface area contributed by atoms with Crippen LogP contribution in [-0.4, -0.2) is 26.5 Å². The number of rotatable bonds is 1. The van der Waals surface area contributed by atoms with Crippen molar-refractivity contribution in [3.05, 3.63) is 65.2 Å². The van der Waals surface area contributed by atoms with E-state index in [1.807, 2.05) is 0 Å². The van der Waals surface area contributed by atoms with E-state index >= 15 is 0 Å². The molecular formula is C15H12O5. The van der Waals surface area contributed by atoms with Crippen LogP contribution in [0.2, 0.25) is 0 Å². The van der Waals surface area contributed by atoms with Gasteiger partial charge in [-0.3, -0.25) is 0 Å². The Morgan fingerprint density at radius 2 is 1.75 bits per heavy atom. The fourth-order valence-electron chi connectivity index (χ4n) is 2.12. The molecule has 1 heterocycles. The number of phenols is 2. The molecule has 0 fully saturated rings. The summed E-state index contributed by atoms with van der Waals surface area (Å²) in [7, 11) is 0. The molecule has 2 aliphatic rings. The van der Waals surface area contributed by atoms with Crippen LogP contribution in [0.1, 0.15) is 5.56 Å². The lowest BCUT2D eigenvalue weighted by molar-refractivity contribution is 0.221. The molecule has 0 radical (unpaired) electrons. The minimum atomic E-state index is -0.587. The Hall–Kier alpha value is -2.82. The SMILES string of the molecule is OC1=CC2OC(c3ccc(O)c(O)c3)=CC=C2C(O)=C1. The van der Waals surface area contributed by atoms with E-state index in [0.29, 0.717) is 16.9 Å². The Balaban J connectivity index is 1.98. The molecule has 3 rings (SSSR count). The third kappa shape index (κ3) is 1.99. The molecule has 0 saturated heterocycles. The van der Waals surface area contributed by atoms with Crippen molar-refractivity contribution in [2.75, 3.05) is 0 Å². The van der Waals surface area contributed by atoms with Gasteiger partial charge in [-0.05, 0) is 30.4 Å². The van der Waals surface area contributed by atoms with E-state index in [-0.39, 0.29) is 23.0 Å². The summed E-state index contributed by atoms with van der Waals surface area (Å²) in [6.45, 7) is 0. The predicted molar refractivity (Wildman–Crippen MR) is 72.1 cm³/mol. The maximum absolute atomic E-state index is 9.72. The molecular weight excluding hydrogens is 260 g/mol. The second kappa shape index (κ2) is 4.38. The average molecular weight is 272 g/mol. The molecule has 4 N–H and O–H groups in total. The summed E-state index contributed by atoms with van der Waals surface area (Å²) >= 11 is 0. The topological polar surface area (TPSA) is 90.2 Å². The molecule has 0 aromatic heterocycles. The fourth-order valence-corrected chi connectivity index (χ4v) is 2.12. The smallest absolute Gasteiger partial charge is 0.158 e. The van der Waals surface area contributed by atoms with E-state index in [9.17, 15) is 20.4 Å². The second-order valence-corrected chi connectivity index (χ2v) is 4.52. The van der Waals surface area contributed by atoms with Gasteiger partial charge in [0.25, 0.3) is 0 Å². The first-order valence-corrected chi connectivity index (χ1v) is 5.97. The van der Waals surface area contributed by atoms with Crippen molar-refractivity contribution in [3.63, 3.8) is 0 Å². The minimum absolute atomic E-state index is 0.0427. The van der Waals surface area contributed by atoms with Gasteiger partial charge >= 0.3 is 0 Å². The summed E-state index contributed by atoms with van der Waals surface area (Å²) in [5.41, 5.74) is 1.13. The van der Waals surface area contributed by atoms with Crippen LogP contribution in [0.3, 0.4) is 0 Å². The van der Waals surface area contributed by atoms with Gasteiger partial charge in [0.05, 0.1) is 0 Å². The Kier molecular flexibility index (Phi) is 2.68. The minimum Gasteiger partial charge on any atom is -0.508 e. The molecule has 5 nitrogen and oxygen atoms in total. The lowest BCUT2D eigenvalue weighted by Crippen LogP contribution is -2.20. The maximum atomic E-state index is 9.72. The van der Waals surface area contributed by atoms with Crippen molar-refractivity contribution in [1.29, 1.82) is 0 Å². The number of benzene rings is 1. The molecule has 5 heteroatoms. The summed E-state index contributed by atoms with van der Waals surface area (Å²) in [4.78, 5) is 0. The lowest BCUT2D eigenvalue weighted by atomic mass is 9.98. The molecule has 102 valence electrons. The third-order valence-corrected chi connectivity index (χ3v) is 3.14. The van der Waals surface area contributed by atoms with Crippen LogP contribution in [0.5, 0.6) is 11.5 Å². The van der Waals surface area contributed by atoms with E-state index in [1.165, 1.54) is 24.3 Å². The first-order valence-electron chi connectivity index (χ1n) is 5.97. The number of hydrogen-bond donors (Lipinski definition) is 4. The van der Waals surface area contributed by atoms with Crippen LogP contribution in [-0.2, 0) is 4.74 Å². The number of aliphatic hydroxyl groups excluding tert-OH is 2. The third-order valence-electron chi connectivity index (χ3n) is 3.14. The molecule has 1 atom stereocenters. The average Bonchev–Trinajstić information content (AvgIpc) is 2.41. The Morgan fingerprint density at radius 3 is 2.50 bits per heavy atom. The van der Waals surface area contributed by atoms with E-state index in [0.717, 1.165) is 0 Å². The molecule has 1 aliphatic carbocycles. The molecule has 1 aromatic carbocycles. The molecule has 1 unspecified atom stereocenters. The first kappa shape index (κ1) is 12.2. The zero-order valence-corrected chi connectivity index (χ0v) is 10.3. The number of phenolic OH excluding ortho intramolecular Hbond substituents is 2. The van der Waals surface area contributed by atoms with Gasteiger partial charge in [-0.2, -0.15) is 0 Å². The number of hydrogen-bond acceptors (Lipinski definition) is 5. The van der Waals surface area contributed by atoms with E-state index in [4.69, 9.17) is 4.74 Å². The fraction of sp³-hybridized carbons (Fsp3) is 0.0667. The van der Waals surface area contributed by atoms with Gasteiger partial charge in [0.1, 0.15) is 23.4 Å². The van der Waals surface area contributed by atoms with Crippen LogP contribution in [0.4, 0.5) is 0 Å². The largest absolute Gasteiger partial charge is 0.508 e. The van der Waals surface area contributed by atoms with Crippen molar-refractivity contribution < 1.29 is 25.2 Å². The van der Waals surface area contributed by atoms with Crippen LogP contribution in [0, 0.1) is 0 Å². The van der Waals surface area contributed by atoms with Crippen LogP contribution < -0.4 is 0 Å². The van der Waals surface area contributed by atoms with Crippen molar-refractivity contribution in [2.24, 2.45) is 0 Å². The number of fused-ring (bicyclic) bond motifs is 1. The first-order chi connectivity index (χ1) is 9.54. The van der Waals surface area contributed by atoms with Crippen LogP contribution in [0.15, 0.2) is 59.6 Å². The highest BCUT2D eigenvalue weighted by Gasteiger charge is 2.26. The van der Waals surface area contributed by atoms with Crippen molar-refractivity contribution in [1.82, 2.24) is 0 Å². The zero-order chi connectivity index (χ0) is 14.3. The highest BCUT2D eigenvalue weighted by atomic mass is 16.5. The maximum Gasteiger partial charge on any atom is 0.158 e. The van der Waals surface area contributed by atoms with E-state index < -0.39 is 6.10 Å². The van der Waals surface area contributed by atoms with Crippen molar-refractivity contribution in [2.45, 2.75) is 6.10 Å². The highest BCUT2D eigenvalue weighted by molar-refractivity contribution is 5.67. The number of aliphatic hydroxyl groups is 2. The van der Waals surface area contributed by atoms with Gasteiger partial charge in [0.2, 0.25) is 0 Å². The molecule has 0 saturated carbocycles. The molecule has 0 bridgehead atoms. The second-order valence-electron chi connectivity index (χ2n) is 4.52. The summed E-state index contributed by atoms with van der Waals surface area (Å²) in [6.07, 6.45) is 5.46. The molecule has 1 aliphatic heterocycles. The number of allylic oxidation sites excluding steroid dienone is 3. The summed E-state index contributed by atoms with van der Waals surface area (Å²) in [5, 5.41) is 38.0. The summed E-state index contributed by atoms with van der Waals surface area (Å²) in [6, 6.07) is 4.34. The van der Waals surface area contributed by atoms with Gasteiger partial charge in [-0.15, -0.1) is 0 Å². The Morgan fingerprint density at radius 1 is 0.950 bits per heavy atom. The zero-order valence-electron chi connectivity index (χ0n) is 10.3. The van der Waals surface area contributed by atoms with E-state index in [1.54, 1.807) is 18.2 Å². The number of aromatic hydroxyl groups is 2. The molecule has 20 heavy (non-hydrogen) atoms. The van der Waals surface area contributed by atoms with Crippen molar-refractivity contribution >= 4 is 5.76 Å². The molecule has 0 amide bonds. The van der Waals surface area contributed by atoms with Gasteiger partial charge in [-0.25, -0.2) is 0 Å². The predicted octanol–water partition coefficient (Wildman–Crippen LogP) is 2.66. The monoisotopic (exact) mass is 272 g/mol. The van der Waals surface area contributed by atoms with Gasteiger partial charge in [-0.1, -0.05) is 0 Å². The Labute approximate surface area is 114 Å². The quantitative estimate of drug-likeness (QED) is 0.590. The normalized spacial score (nSPS) is 20.9. The summed E-state index contributed by atoms with van der Waals surface area (Å²) in [5.74, 6) is -0.102. The van der Waals surface area contributed by atoms with Gasteiger partial charge in [0, 0.05) is 23.3 Å². The number of ether oxygens (including phenoxy) is 1. The van der Waals surface area contributed by atoms with E-state index in [2.05, 4.69) is 0 Å². The highest BCUT2D eigenvalue weighted by Crippen LogP contribution is 2.34.